The Kier molecular flexibility index (Phi) is 5.26. The molecule has 6 nitrogen and oxygen atoms in total. The van der Waals surface area contributed by atoms with Crippen LogP contribution in [0.25, 0.3) is 0 Å². The van der Waals surface area contributed by atoms with Crippen LogP contribution >= 0.6 is 0 Å². The van der Waals surface area contributed by atoms with Crippen LogP contribution in [0.1, 0.15) is 24.2 Å². The third kappa shape index (κ3) is 3.82. The van der Waals surface area contributed by atoms with Crippen LogP contribution in [-0.4, -0.2) is 67.4 Å². The summed E-state index contributed by atoms with van der Waals surface area (Å²) in [7, 11) is 3.88. The molecule has 126 valence electrons. The number of rotatable bonds is 4. The quantitative estimate of drug-likeness (QED) is 0.890. The Morgan fingerprint density at radius 3 is 2.52 bits per heavy atom. The average Bonchev–Trinajstić information content (AvgIpc) is 2.53. The number of carbonyl (C=O) groups is 2. The number of amides is 2. The Bertz CT molecular complexity index is 586. The Balaban J connectivity index is 2.17. The lowest BCUT2D eigenvalue weighted by Crippen LogP contribution is -2.61. The maximum atomic E-state index is 12.8. The molecular weight excluding hydrogens is 292 g/mol. The van der Waals surface area contributed by atoms with E-state index in [0.717, 1.165) is 5.69 Å². The molecule has 0 saturated carbocycles. The summed E-state index contributed by atoms with van der Waals surface area (Å²) >= 11 is 0. The standard InChI is InChI=1S/C17H26N4O2/c1-12(2)21-9-8-20(11-15(21)16(18)22)17(23)13-6-5-7-14(10-13)19(3)4/h5-7,10,12,15H,8-9,11H2,1-4H3,(H2,18,22)/t15-/m0/s1. The number of nitrogens with two attached hydrogens (primary N) is 1. The predicted octanol–water partition coefficient (Wildman–Crippen LogP) is 0.773. The van der Waals surface area contributed by atoms with Gasteiger partial charge in [-0.15, -0.1) is 0 Å². The van der Waals surface area contributed by atoms with Crippen LogP contribution in [0.2, 0.25) is 0 Å². The fourth-order valence-corrected chi connectivity index (χ4v) is 2.95. The molecule has 23 heavy (non-hydrogen) atoms. The topological polar surface area (TPSA) is 69.9 Å². The van der Waals surface area contributed by atoms with Crippen LogP contribution < -0.4 is 10.6 Å². The summed E-state index contributed by atoms with van der Waals surface area (Å²) in [5, 5.41) is 0. The zero-order chi connectivity index (χ0) is 17.1. The Hall–Kier alpha value is -2.08. The van der Waals surface area contributed by atoms with Crippen molar-refractivity contribution in [1.29, 1.82) is 0 Å². The van der Waals surface area contributed by atoms with Gasteiger partial charge in [-0.05, 0) is 32.0 Å². The van der Waals surface area contributed by atoms with Crippen molar-refractivity contribution in [3.05, 3.63) is 29.8 Å². The van der Waals surface area contributed by atoms with Gasteiger partial charge in [0.2, 0.25) is 5.91 Å². The molecule has 0 unspecified atom stereocenters. The molecule has 2 rings (SSSR count). The number of benzene rings is 1. The summed E-state index contributed by atoms with van der Waals surface area (Å²) in [5.74, 6) is -0.429. The molecule has 1 heterocycles. The molecule has 1 atom stereocenters. The molecule has 1 aliphatic heterocycles. The molecule has 0 spiro atoms. The van der Waals surface area contributed by atoms with E-state index in [1.807, 2.05) is 57.1 Å². The minimum Gasteiger partial charge on any atom is -0.378 e. The van der Waals surface area contributed by atoms with Gasteiger partial charge >= 0.3 is 0 Å². The minimum atomic E-state index is -0.426. The van der Waals surface area contributed by atoms with Crippen molar-refractivity contribution in [1.82, 2.24) is 9.80 Å². The third-order valence-corrected chi connectivity index (χ3v) is 4.31. The van der Waals surface area contributed by atoms with Crippen molar-refractivity contribution in [3.8, 4) is 0 Å². The molecule has 0 aliphatic carbocycles. The van der Waals surface area contributed by atoms with Crippen LogP contribution in [0, 0.1) is 0 Å². The summed E-state index contributed by atoms with van der Waals surface area (Å²) < 4.78 is 0. The van der Waals surface area contributed by atoms with Gasteiger partial charge < -0.3 is 15.5 Å². The maximum absolute atomic E-state index is 12.8. The van der Waals surface area contributed by atoms with Crippen molar-refractivity contribution in [2.45, 2.75) is 25.9 Å². The van der Waals surface area contributed by atoms with Crippen molar-refractivity contribution >= 4 is 17.5 Å². The number of anilines is 1. The van der Waals surface area contributed by atoms with Crippen molar-refractivity contribution < 1.29 is 9.59 Å². The van der Waals surface area contributed by atoms with E-state index >= 15 is 0 Å². The Morgan fingerprint density at radius 1 is 1.26 bits per heavy atom. The highest BCUT2D eigenvalue weighted by atomic mass is 16.2. The second kappa shape index (κ2) is 7.00. The molecule has 1 saturated heterocycles. The lowest BCUT2D eigenvalue weighted by molar-refractivity contribution is -0.126. The van der Waals surface area contributed by atoms with Crippen LogP contribution in [0.5, 0.6) is 0 Å². The number of hydrogen-bond donors (Lipinski definition) is 1. The highest BCUT2D eigenvalue weighted by Crippen LogP contribution is 2.18. The fourth-order valence-electron chi connectivity index (χ4n) is 2.95. The van der Waals surface area contributed by atoms with E-state index in [1.165, 1.54) is 0 Å². The molecule has 0 aromatic heterocycles. The van der Waals surface area contributed by atoms with Gasteiger partial charge in [0.15, 0.2) is 0 Å². The number of piperazine rings is 1. The van der Waals surface area contributed by atoms with Gasteiger partial charge in [-0.1, -0.05) is 6.07 Å². The first kappa shape index (κ1) is 17.3. The monoisotopic (exact) mass is 318 g/mol. The highest BCUT2D eigenvalue weighted by molar-refractivity contribution is 5.95. The van der Waals surface area contributed by atoms with E-state index in [9.17, 15) is 9.59 Å². The largest absolute Gasteiger partial charge is 0.378 e. The summed E-state index contributed by atoms with van der Waals surface area (Å²) in [4.78, 5) is 30.3. The van der Waals surface area contributed by atoms with Crippen molar-refractivity contribution in [2.24, 2.45) is 5.73 Å². The zero-order valence-electron chi connectivity index (χ0n) is 14.3. The van der Waals surface area contributed by atoms with E-state index in [4.69, 9.17) is 5.73 Å². The van der Waals surface area contributed by atoms with Crippen LogP contribution in [0.4, 0.5) is 5.69 Å². The van der Waals surface area contributed by atoms with Gasteiger partial charge in [0.25, 0.3) is 5.91 Å². The Morgan fingerprint density at radius 2 is 1.96 bits per heavy atom. The number of primary amides is 1. The molecule has 1 aromatic carbocycles. The first-order valence-electron chi connectivity index (χ1n) is 7.93. The van der Waals surface area contributed by atoms with Crippen molar-refractivity contribution in [2.75, 3.05) is 38.6 Å². The maximum Gasteiger partial charge on any atom is 0.254 e. The van der Waals surface area contributed by atoms with Crippen LogP contribution in [0.3, 0.4) is 0 Å². The average molecular weight is 318 g/mol. The summed E-state index contributed by atoms with van der Waals surface area (Å²) in [6.45, 7) is 5.68. The third-order valence-electron chi connectivity index (χ3n) is 4.31. The van der Waals surface area contributed by atoms with E-state index in [0.29, 0.717) is 25.2 Å². The number of hydrogen-bond acceptors (Lipinski definition) is 4. The zero-order valence-corrected chi connectivity index (χ0v) is 14.3. The molecular formula is C17H26N4O2. The van der Waals surface area contributed by atoms with Crippen molar-refractivity contribution in [3.63, 3.8) is 0 Å². The van der Waals surface area contributed by atoms with E-state index in [-0.39, 0.29) is 17.9 Å². The molecule has 1 aromatic rings. The van der Waals surface area contributed by atoms with Crippen LogP contribution in [-0.2, 0) is 4.79 Å². The minimum absolute atomic E-state index is 0.0524. The molecule has 2 N–H and O–H groups in total. The summed E-state index contributed by atoms with van der Waals surface area (Å²) in [6, 6.07) is 7.31. The lowest BCUT2D eigenvalue weighted by atomic mass is 10.1. The van der Waals surface area contributed by atoms with Gasteiger partial charge in [0.05, 0.1) is 0 Å². The van der Waals surface area contributed by atoms with Gasteiger partial charge in [-0.25, -0.2) is 0 Å². The Labute approximate surface area is 137 Å². The SMILES string of the molecule is CC(C)N1CCN(C(=O)c2cccc(N(C)C)c2)C[C@H]1C(N)=O. The first-order valence-corrected chi connectivity index (χ1v) is 7.93. The smallest absolute Gasteiger partial charge is 0.254 e. The number of nitrogens with zero attached hydrogens (tertiary/aromatic N) is 3. The van der Waals surface area contributed by atoms with E-state index in [2.05, 4.69) is 4.90 Å². The summed E-state index contributed by atoms with van der Waals surface area (Å²) in [5.41, 5.74) is 7.15. The molecule has 2 amide bonds. The van der Waals surface area contributed by atoms with Gasteiger partial charge in [0.1, 0.15) is 6.04 Å². The molecule has 0 radical (unpaired) electrons. The second-order valence-corrected chi connectivity index (χ2v) is 6.45. The van der Waals surface area contributed by atoms with Crippen LogP contribution in [0.15, 0.2) is 24.3 Å². The molecule has 1 fully saturated rings. The summed E-state index contributed by atoms with van der Waals surface area (Å²) in [6.07, 6.45) is 0. The van der Waals surface area contributed by atoms with E-state index < -0.39 is 6.04 Å². The highest BCUT2D eigenvalue weighted by Gasteiger charge is 2.34. The fraction of sp³-hybridized carbons (Fsp3) is 0.529. The molecule has 0 bridgehead atoms. The normalized spacial score (nSPS) is 19.0. The van der Waals surface area contributed by atoms with Gasteiger partial charge in [-0.2, -0.15) is 0 Å². The molecule has 6 heteroatoms. The van der Waals surface area contributed by atoms with Gasteiger partial charge in [0, 0.05) is 51.0 Å². The first-order chi connectivity index (χ1) is 10.8. The molecule has 1 aliphatic rings. The van der Waals surface area contributed by atoms with E-state index in [1.54, 1.807) is 4.90 Å². The lowest BCUT2D eigenvalue weighted by Gasteiger charge is -2.42. The predicted molar refractivity (Wildman–Crippen MR) is 91.5 cm³/mol. The van der Waals surface area contributed by atoms with Gasteiger partial charge in [-0.3, -0.25) is 14.5 Å². The number of carbonyl (C=O) groups excluding carboxylic acids is 2. The second-order valence-electron chi connectivity index (χ2n) is 6.45.